The van der Waals surface area contributed by atoms with Crippen LogP contribution in [-0.2, 0) is 0 Å². The first kappa shape index (κ1) is 21.8. The van der Waals surface area contributed by atoms with Crippen LogP contribution in [-0.4, -0.2) is 17.0 Å². The molecule has 3 rings (SSSR count). The number of para-hydroxylation sites is 1. The number of aliphatic imine (C=N–C) groups is 1. The number of nitrogens with two attached hydrogens (primary N) is 1. The van der Waals surface area contributed by atoms with Crippen molar-refractivity contribution in [2.45, 2.75) is 53.0 Å². The molecule has 5 nitrogen and oxygen atoms in total. The summed E-state index contributed by atoms with van der Waals surface area (Å²) in [6.07, 6.45) is 3.34. The normalized spacial score (nSPS) is 12.6. The maximum Gasteiger partial charge on any atom is 0.195 e. The lowest BCUT2D eigenvalue weighted by molar-refractivity contribution is 0.480. The predicted octanol–water partition coefficient (Wildman–Crippen LogP) is 6.52. The molecule has 2 aromatic carbocycles. The van der Waals surface area contributed by atoms with Crippen LogP contribution in [0.3, 0.4) is 0 Å². The van der Waals surface area contributed by atoms with Gasteiger partial charge >= 0.3 is 0 Å². The minimum Gasteiger partial charge on any atom is -0.456 e. The molecule has 30 heavy (non-hydrogen) atoms. The fourth-order valence-electron chi connectivity index (χ4n) is 3.20. The van der Waals surface area contributed by atoms with Gasteiger partial charge in [0, 0.05) is 10.9 Å². The van der Waals surface area contributed by atoms with Crippen LogP contribution >= 0.6 is 11.3 Å². The highest BCUT2D eigenvalue weighted by atomic mass is 32.1. The highest BCUT2D eigenvalue weighted by Gasteiger charge is 2.12. The summed E-state index contributed by atoms with van der Waals surface area (Å²) in [5.74, 6) is 2.02. The number of aromatic nitrogens is 1. The minimum atomic E-state index is 0.198. The van der Waals surface area contributed by atoms with Crippen molar-refractivity contribution < 1.29 is 4.74 Å². The largest absolute Gasteiger partial charge is 0.456 e. The Labute approximate surface area is 183 Å². The van der Waals surface area contributed by atoms with Gasteiger partial charge in [0.2, 0.25) is 0 Å². The first-order valence-electron chi connectivity index (χ1n) is 10.4. The van der Waals surface area contributed by atoms with Gasteiger partial charge in [-0.25, -0.2) is 4.98 Å². The van der Waals surface area contributed by atoms with Crippen molar-refractivity contribution in [3.05, 3.63) is 59.0 Å². The molecule has 1 aromatic heterocycles. The zero-order valence-corrected chi connectivity index (χ0v) is 18.9. The van der Waals surface area contributed by atoms with Crippen molar-refractivity contribution in [2.75, 3.05) is 5.32 Å². The van der Waals surface area contributed by atoms with Gasteiger partial charge < -0.3 is 15.8 Å². The third kappa shape index (κ3) is 5.83. The first-order chi connectivity index (χ1) is 14.5. The molecular weight excluding hydrogens is 392 g/mol. The molecule has 3 aromatic rings. The van der Waals surface area contributed by atoms with E-state index in [-0.39, 0.29) is 6.04 Å². The van der Waals surface area contributed by atoms with Gasteiger partial charge in [-0.1, -0.05) is 49.6 Å². The monoisotopic (exact) mass is 422 g/mol. The Bertz CT molecular complexity index is 1010. The minimum absolute atomic E-state index is 0.198. The maximum atomic E-state index is 6.23. The van der Waals surface area contributed by atoms with E-state index in [0.717, 1.165) is 52.7 Å². The van der Waals surface area contributed by atoms with Crippen LogP contribution in [0.1, 0.15) is 44.2 Å². The van der Waals surface area contributed by atoms with Gasteiger partial charge in [-0.2, -0.15) is 0 Å². The summed E-state index contributed by atoms with van der Waals surface area (Å²) in [5, 5.41) is 5.84. The molecular formula is C24H30N4OS. The lowest BCUT2D eigenvalue weighted by Gasteiger charge is -2.12. The Hall–Kier alpha value is -2.86. The van der Waals surface area contributed by atoms with Crippen molar-refractivity contribution in [1.29, 1.82) is 0 Å². The number of anilines is 1. The Kier molecular flexibility index (Phi) is 7.46. The van der Waals surface area contributed by atoms with Gasteiger partial charge in [0.05, 0.1) is 11.7 Å². The molecule has 0 bridgehead atoms. The molecule has 0 saturated carbocycles. The van der Waals surface area contributed by atoms with Crippen LogP contribution in [0, 0.1) is 13.8 Å². The highest BCUT2D eigenvalue weighted by Crippen LogP contribution is 2.35. The summed E-state index contributed by atoms with van der Waals surface area (Å²) in [7, 11) is 0. The summed E-state index contributed by atoms with van der Waals surface area (Å²) in [6.45, 7) is 8.39. The molecule has 158 valence electrons. The first-order valence-corrected chi connectivity index (χ1v) is 11.2. The quantitative estimate of drug-likeness (QED) is 0.320. The van der Waals surface area contributed by atoms with E-state index in [0.29, 0.717) is 5.96 Å². The summed E-state index contributed by atoms with van der Waals surface area (Å²) in [6, 6.07) is 14.3. The lowest BCUT2D eigenvalue weighted by atomic mass is 10.1. The van der Waals surface area contributed by atoms with Crippen LogP contribution in [0.25, 0.3) is 11.3 Å². The molecule has 0 spiro atoms. The number of benzene rings is 2. The fourth-order valence-corrected chi connectivity index (χ4v) is 3.92. The molecule has 1 heterocycles. The molecule has 0 aliphatic rings. The zero-order valence-electron chi connectivity index (χ0n) is 18.1. The van der Waals surface area contributed by atoms with Gasteiger partial charge in [-0.05, 0) is 51.0 Å². The van der Waals surface area contributed by atoms with Gasteiger partial charge in [0.1, 0.15) is 11.5 Å². The molecule has 1 atom stereocenters. The molecule has 3 N–H and O–H groups in total. The van der Waals surface area contributed by atoms with Crippen LogP contribution in [0.4, 0.5) is 5.13 Å². The van der Waals surface area contributed by atoms with E-state index >= 15 is 0 Å². The SMILES string of the molecule is CCCCC(C)N=C(N)Nc1nc(-c2ccccc2Oc2ccc(C)cc2C)cs1. The number of thiazole rings is 1. The van der Waals surface area contributed by atoms with Crippen molar-refractivity contribution in [3.8, 4) is 22.8 Å². The van der Waals surface area contributed by atoms with Gasteiger partial charge in [0.15, 0.2) is 11.1 Å². The Morgan fingerprint density at radius 1 is 1.20 bits per heavy atom. The van der Waals surface area contributed by atoms with Gasteiger partial charge in [-0.15, -0.1) is 11.3 Å². The van der Waals surface area contributed by atoms with E-state index in [9.17, 15) is 0 Å². The molecule has 0 radical (unpaired) electrons. The second-order valence-corrected chi connectivity index (χ2v) is 8.39. The van der Waals surface area contributed by atoms with Crippen molar-refractivity contribution >= 4 is 22.4 Å². The number of unbranched alkanes of at least 4 members (excludes halogenated alkanes) is 1. The molecule has 0 fully saturated rings. The molecule has 0 aliphatic heterocycles. The average molecular weight is 423 g/mol. The average Bonchev–Trinajstić information content (AvgIpc) is 3.17. The van der Waals surface area contributed by atoms with E-state index in [2.05, 4.69) is 50.1 Å². The topological polar surface area (TPSA) is 72.5 Å². The number of hydrogen-bond donors (Lipinski definition) is 2. The van der Waals surface area contributed by atoms with Gasteiger partial charge in [-0.3, -0.25) is 4.99 Å². The summed E-state index contributed by atoms with van der Waals surface area (Å²) < 4.78 is 6.23. The van der Waals surface area contributed by atoms with Crippen LogP contribution in [0.2, 0.25) is 0 Å². The Balaban J connectivity index is 1.76. The Morgan fingerprint density at radius 3 is 2.77 bits per heavy atom. The van der Waals surface area contributed by atoms with Crippen molar-refractivity contribution in [1.82, 2.24) is 4.98 Å². The van der Waals surface area contributed by atoms with Crippen molar-refractivity contribution in [2.24, 2.45) is 10.7 Å². The second kappa shape index (κ2) is 10.3. The number of hydrogen-bond acceptors (Lipinski definition) is 4. The molecule has 0 saturated heterocycles. The number of ether oxygens (including phenoxy) is 1. The molecule has 1 unspecified atom stereocenters. The fraction of sp³-hybridized carbons (Fsp3) is 0.333. The Morgan fingerprint density at radius 2 is 2.00 bits per heavy atom. The van der Waals surface area contributed by atoms with E-state index < -0.39 is 0 Å². The third-order valence-corrected chi connectivity index (χ3v) is 5.55. The highest BCUT2D eigenvalue weighted by molar-refractivity contribution is 7.14. The van der Waals surface area contributed by atoms with Crippen LogP contribution in [0.15, 0.2) is 52.8 Å². The van der Waals surface area contributed by atoms with Gasteiger partial charge in [0.25, 0.3) is 0 Å². The summed E-state index contributed by atoms with van der Waals surface area (Å²) >= 11 is 1.50. The third-order valence-electron chi connectivity index (χ3n) is 4.79. The number of aryl methyl sites for hydroxylation is 2. The van der Waals surface area contributed by atoms with E-state index in [1.54, 1.807) is 0 Å². The van der Waals surface area contributed by atoms with Crippen molar-refractivity contribution in [3.63, 3.8) is 0 Å². The predicted molar refractivity (Wildman–Crippen MR) is 128 cm³/mol. The molecule has 0 amide bonds. The molecule has 6 heteroatoms. The molecule has 0 aliphatic carbocycles. The van der Waals surface area contributed by atoms with E-state index in [1.807, 2.05) is 35.7 Å². The van der Waals surface area contributed by atoms with Crippen LogP contribution < -0.4 is 15.8 Å². The zero-order chi connectivity index (χ0) is 21.5. The maximum absolute atomic E-state index is 6.23. The standard InChI is InChI=1S/C24H30N4OS/c1-5-6-9-18(4)26-23(25)28-24-27-20(15-30-24)19-10-7-8-11-22(19)29-21-13-12-16(2)14-17(21)3/h7-8,10-15,18H,5-6,9H2,1-4H3,(H3,25,26,27,28). The van der Waals surface area contributed by atoms with Crippen LogP contribution in [0.5, 0.6) is 11.5 Å². The summed E-state index contributed by atoms with van der Waals surface area (Å²) in [5.41, 5.74) is 10.2. The van der Waals surface area contributed by atoms with E-state index in [1.165, 1.54) is 16.9 Å². The smallest absolute Gasteiger partial charge is 0.195 e. The second-order valence-electron chi connectivity index (χ2n) is 7.54. The lowest BCUT2D eigenvalue weighted by Crippen LogP contribution is -2.24. The van der Waals surface area contributed by atoms with E-state index in [4.69, 9.17) is 15.5 Å². The number of nitrogens with zero attached hydrogens (tertiary/aromatic N) is 2. The number of rotatable bonds is 8. The number of guanidine groups is 1. The summed E-state index contributed by atoms with van der Waals surface area (Å²) in [4.78, 5) is 9.20. The number of nitrogens with one attached hydrogen (secondary N) is 1.